The van der Waals surface area contributed by atoms with Crippen molar-refractivity contribution in [1.29, 1.82) is 0 Å². The third kappa shape index (κ3) is 3.52. The lowest BCUT2D eigenvalue weighted by atomic mass is 10.1. The minimum absolute atomic E-state index is 0.0159. The third-order valence-electron chi connectivity index (χ3n) is 2.97. The van der Waals surface area contributed by atoms with Gasteiger partial charge >= 0.3 is 0 Å². The quantitative estimate of drug-likeness (QED) is 0.727. The zero-order chi connectivity index (χ0) is 14.0. The standard InChI is InChI=1S/C13H16O4S2/c1-7(14)8-2-4-9(5-3-8)19-13-12(17)11(16)10(15)6-18-13/h2-5,10-13,15-17H,6H2,1H3/t10-,11+,12-,13+/m1/s1. The van der Waals surface area contributed by atoms with Gasteiger partial charge in [0, 0.05) is 16.2 Å². The van der Waals surface area contributed by atoms with Crippen LogP contribution in [0, 0.1) is 0 Å². The molecule has 1 aromatic carbocycles. The van der Waals surface area contributed by atoms with Gasteiger partial charge in [-0.3, -0.25) is 4.79 Å². The number of thioether (sulfide) groups is 2. The SMILES string of the molecule is CC(=O)c1ccc(S[C@@H]2SC[C@@H](O)[C@H](O)[C@H]2O)cc1. The molecule has 0 aliphatic carbocycles. The molecule has 4 nitrogen and oxygen atoms in total. The summed E-state index contributed by atoms with van der Waals surface area (Å²) in [5.41, 5.74) is 0.650. The number of aliphatic hydroxyl groups is 3. The number of ketones is 1. The first-order chi connectivity index (χ1) is 8.99. The van der Waals surface area contributed by atoms with Crippen LogP contribution in [0.4, 0.5) is 0 Å². The Balaban J connectivity index is 2.03. The summed E-state index contributed by atoms with van der Waals surface area (Å²) in [5, 5.41) is 29.0. The number of carbonyl (C=O) groups is 1. The summed E-state index contributed by atoms with van der Waals surface area (Å²) >= 11 is 2.85. The molecule has 1 heterocycles. The van der Waals surface area contributed by atoms with Crippen molar-refractivity contribution in [3.63, 3.8) is 0 Å². The maximum Gasteiger partial charge on any atom is 0.159 e. The molecule has 0 saturated carbocycles. The lowest BCUT2D eigenvalue weighted by Gasteiger charge is -2.34. The summed E-state index contributed by atoms with van der Waals surface area (Å²) in [6, 6.07) is 7.14. The predicted octanol–water partition coefficient (Wildman–Crippen LogP) is 1.14. The van der Waals surface area contributed by atoms with E-state index in [9.17, 15) is 20.1 Å². The molecule has 1 aliphatic rings. The number of carbonyl (C=O) groups excluding carboxylic acids is 1. The van der Waals surface area contributed by atoms with Crippen LogP contribution in [0.1, 0.15) is 17.3 Å². The van der Waals surface area contributed by atoms with Crippen molar-refractivity contribution in [2.75, 3.05) is 5.75 Å². The van der Waals surface area contributed by atoms with E-state index in [-0.39, 0.29) is 10.4 Å². The minimum Gasteiger partial charge on any atom is -0.389 e. The zero-order valence-corrected chi connectivity index (χ0v) is 12.0. The van der Waals surface area contributed by atoms with Gasteiger partial charge < -0.3 is 15.3 Å². The van der Waals surface area contributed by atoms with Gasteiger partial charge in [-0.05, 0) is 19.1 Å². The Morgan fingerprint density at radius 2 is 1.84 bits per heavy atom. The van der Waals surface area contributed by atoms with Crippen LogP contribution in [-0.4, -0.2) is 49.7 Å². The number of benzene rings is 1. The van der Waals surface area contributed by atoms with E-state index in [0.29, 0.717) is 11.3 Å². The van der Waals surface area contributed by atoms with Gasteiger partial charge in [-0.25, -0.2) is 0 Å². The molecule has 1 saturated heterocycles. The molecular formula is C13H16O4S2. The summed E-state index contributed by atoms with van der Waals surface area (Å²) in [7, 11) is 0. The van der Waals surface area contributed by atoms with Crippen LogP contribution >= 0.6 is 23.5 Å². The molecular weight excluding hydrogens is 284 g/mol. The minimum atomic E-state index is -1.10. The normalized spacial score (nSPS) is 31.2. The first-order valence-corrected chi connectivity index (χ1v) is 7.85. The highest BCUT2D eigenvalue weighted by atomic mass is 32.2. The maximum atomic E-state index is 11.2. The van der Waals surface area contributed by atoms with Crippen molar-refractivity contribution < 1.29 is 20.1 Å². The Morgan fingerprint density at radius 3 is 2.42 bits per heavy atom. The van der Waals surface area contributed by atoms with Gasteiger partial charge in [-0.2, -0.15) is 0 Å². The lowest BCUT2D eigenvalue weighted by molar-refractivity contribution is -0.0474. The van der Waals surface area contributed by atoms with Crippen molar-refractivity contribution in [1.82, 2.24) is 0 Å². The maximum absolute atomic E-state index is 11.2. The van der Waals surface area contributed by atoms with Crippen LogP contribution in [0.15, 0.2) is 29.2 Å². The topological polar surface area (TPSA) is 77.8 Å². The highest BCUT2D eigenvalue weighted by Crippen LogP contribution is 2.38. The highest BCUT2D eigenvalue weighted by molar-refractivity contribution is 8.17. The van der Waals surface area contributed by atoms with E-state index in [2.05, 4.69) is 0 Å². The first-order valence-electron chi connectivity index (χ1n) is 5.92. The summed E-state index contributed by atoms with van der Waals surface area (Å²) < 4.78 is -0.221. The summed E-state index contributed by atoms with van der Waals surface area (Å²) in [5.74, 6) is 0.420. The zero-order valence-electron chi connectivity index (χ0n) is 10.4. The monoisotopic (exact) mass is 300 g/mol. The number of aliphatic hydroxyl groups excluding tert-OH is 3. The average molecular weight is 300 g/mol. The van der Waals surface area contributed by atoms with E-state index < -0.39 is 18.3 Å². The van der Waals surface area contributed by atoms with Crippen LogP contribution < -0.4 is 0 Å². The van der Waals surface area contributed by atoms with E-state index in [0.717, 1.165) is 4.90 Å². The van der Waals surface area contributed by atoms with Crippen molar-refractivity contribution in [3.05, 3.63) is 29.8 Å². The van der Waals surface area contributed by atoms with Gasteiger partial charge in [-0.15, -0.1) is 23.5 Å². The molecule has 1 aromatic rings. The molecule has 19 heavy (non-hydrogen) atoms. The van der Waals surface area contributed by atoms with Crippen molar-refractivity contribution in [2.24, 2.45) is 0 Å². The van der Waals surface area contributed by atoms with Gasteiger partial charge in [0.05, 0.1) is 10.7 Å². The fourth-order valence-corrected chi connectivity index (χ4v) is 4.43. The number of Topliss-reactive ketones (excluding diaryl/α,β-unsaturated/α-hetero) is 1. The van der Waals surface area contributed by atoms with Crippen LogP contribution in [0.5, 0.6) is 0 Å². The molecule has 0 radical (unpaired) electrons. The third-order valence-corrected chi connectivity index (χ3v) is 5.86. The molecule has 2 rings (SSSR count). The average Bonchev–Trinajstić information content (AvgIpc) is 2.40. The van der Waals surface area contributed by atoms with E-state index in [1.165, 1.54) is 30.4 Å². The van der Waals surface area contributed by atoms with Crippen LogP contribution in [0.3, 0.4) is 0 Å². The van der Waals surface area contributed by atoms with Crippen LogP contribution in [0.25, 0.3) is 0 Å². The molecule has 0 aromatic heterocycles. The van der Waals surface area contributed by atoms with Crippen LogP contribution in [-0.2, 0) is 0 Å². The fourth-order valence-electron chi connectivity index (χ4n) is 1.79. The van der Waals surface area contributed by atoms with E-state index in [4.69, 9.17) is 0 Å². The first kappa shape index (κ1) is 14.9. The Labute approximate surface area is 120 Å². The largest absolute Gasteiger partial charge is 0.389 e. The van der Waals surface area contributed by atoms with Gasteiger partial charge in [0.25, 0.3) is 0 Å². The van der Waals surface area contributed by atoms with Gasteiger partial charge in [0.1, 0.15) is 12.2 Å². The highest BCUT2D eigenvalue weighted by Gasteiger charge is 2.37. The van der Waals surface area contributed by atoms with Gasteiger partial charge in [0.15, 0.2) is 5.78 Å². The van der Waals surface area contributed by atoms with Crippen molar-refractivity contribution >= 4 is 29.3 Å². The summed E-state index contributed by atoms with van der Waals surface area (Å²) in [6.45, 7) is 1.51. The molecule has 0 bridgehead atoms. The molecule has 1 aliphatic heterocycles. The number of hydrogen-bond donors (Lipinski definition) is 3. The van der Waals surface area contributed by atoms with E-state index >= 15 is 0 Å². The number of hydrogen-bond acceptors (Lipinski definition) is 6. The molecule has 0 spiro atoms. The lowest BCUT2D eigenvalue weighted by Crippen LogP contribution is -2.47. The molecule has 6 heteroatoms. The van der Waals surface area contributed by atoms with E-state index in [1.54, 1.807) is 12.1 Å². The summed E-state index contributed by atoms with van der Waals surface area (Å²) in [4.78, 5) is 12.1. The molecule has 0 unspecified atom stereocenters. The Hall–Kier alpha value is -0.530. The molecule has 104 valence electrons. The Kier molecular flexibility index (Phi) is 4.92. The second kappa shape index (κ2) is 6.28. The van der Waals surface area contributed by atoms with Crippen molar-refractivity contribution in [2.45, 2.75) is 34.7 Å². The molecule has 4 atom stereocenters. The molecule has 3 N–H and O–H groups in total. The van der Waals surface area contributed by atoms with E-state index in [1.807, 2.05) is 12.1 Å². The molecule has 0 amide bonds. The summed E-state index contributed by atoms with van der Waals surface area (Å²) in [6.07, 6.45) is -2.95. The smallest absolute Gasteiger partial charge is 0.159 e. The second-order valence-electron chi connectivity index (χ2n) is 4.45. The van der Waals surface area contributed by atoms with Gasteiger partial charge in [-0.1, -0.05) is 12.1 Å². The fraction of sp³-hybridized carbons (Fsp3) is 0.462. The van der Waals surface area contributed by atoms with Gasteiger partial charge in [0.2, 0.25) is 0 Å². The number of rotatable bonds is 3. The Bertz CT molecular complexity index is 448. The molecule has 1 fully saturated rings. The second-order valence-corrected chi connectivity index (χ2v) is 7.14. The van der Waals surface area contributed by atoms with Crippen LogP contribution in [0.2, 0.25) is 0 Å². The predicted molar refractivity (Wildman–Crippen MR) is 76.6 cm³/mol. The van der Waals surface area contributed by atoms with Crippen molar-refractivity contribution in [3.8, 4) is 0 Å². The Morgan fingerprint density at radius 1 is 1.21 bits per heavy atom.